The van der Waals surface area contributed by atoms with Crippen LogP contribution in [-0.2, 0) is 0 Å². The first-order valence-corrected chi connectivity index (χ1v) is 5.04. The summed E-state index contributed by atoms with van der Waals surface area (Å²) in [6, 6.07) is 13.3. The molecule has 3 heteroatoms. The maximum Gasteiger partial charge on any atom is 0.257 e. The molecule has 0 atom stereocenters. The maximum absolute atomic E-state index is 5.67. The predicted octanol–water partition coefficient (Wildman–Crippen LogP) is 3.19. The van der Waals surface area contributed by atoms with E-state index >= 15 is 0 Å². The average molecular weight is 215 g/mol. The molecule has 0 fully saturated rings. The molecule has 0 radical (unpaired) electrons. The molecule has 0 bridgehead atoms. The third kappa shape index (κ3) is 2.31. The Kier molecular flexibility index (Phi) is 3.05. The summed E-state index contributed by atoms with van der Waals surface area (Å²) in [5.41, 5.74) is 0.900. The fraction of sp³-hybridized carbons (Fsp3) is 0.154. The molecule has 0 aliphatic rings. The molecule has 2 rings (SSSR count). The minimum Gasteiger partial charge on any atom is -0.478 e. The molecule has 0 saturated carbocycles. The van der Waals surface area contributed by atoms with E-state index in [0.29, 0.717) is 11.6 Å². The van der Waals surface area contributed by atoms with Gasteiger partial charge in [-0.05, 0) is 31.2 Å². The van der Waals surface area contributed by atoms with Crippen LogP contribution in [0.25, 0.3) is 0 Å². The van der Waals surface area contributed by atoms with Crippen LogP contribution < -0.4 is 9.47 Å². The zero-order chi connectivity index (χ0) is 11.4. The van der Waals surface area contributed by atoms with E-state index in [1.165, 1.54) is 0 Å². The summed E-state index contributed by atoms with van der Waals surface area (Å²) in [6.45, 7) is 1.91. The number of ether oxygens (including phenoxy) is 2. The Morgan fingerprint density at radius 3 is 2.44 bits per heavy atom. The van der Waals surface area contributed by atoms with Crippen LogP contribution >= 0.6 is 0 Å². The third-order valence-electron chi connectivity index (χ3n) is 2.13. The van der Waals surface area contributed by atoms with Crippen molar-refractivity contribution in [1.82, 2.24) is 4.98 Å². The van der Waals surface area contributed by atoms with Gasteiger partial charge in [-0.1, -0.05) is 18.2 Å². The molecule has 1 aromatic carbocycles. The van der Waals surface area contributed by atoms with Crippen molar-refractivity contribution in [2.24, 2.45) is 0 Å². The van der Waals surface area contributed by atoms with Gasteiger partial charge in [-0.3, -0.25) is 0 Å². The van der Waals surface area contributed by atoms with Crippen LogP contribution in [0.15, 0.2) is 42.5 Å². The smallest absolute Gasteiger partial charge is 0.257 e. The topological polar surface area (TPSA) is 31.4 Å². The lowest BCUT2D eigenvalue weighted by atomic mass is 10.3. The SMILES string of the molecule is COc1nc(C)ccc1Oc1ccccc1. The van der Waals surface area contributed by atoms with Gasteiger partial charge >= 0.3 is 0 Å². The number of methoxy groups -OCH3 is 1. The van der Waals surface area contributed by atoms with Gasteiger partial charge in [0.2, 0.25) is 0 Å². The maximum atomic E-state index is 5.67. The minimum absolute atomic E-state index is 0.504. The summed E-state index contributed by atoms with van der Waals surface area (Å²) in [5, 5.41) is 0. The van der Waals surface area contributed by atoms with Crippen LogP contribution in [0, 0.1) is 6.92 Å². The van der Waals surface area contributed by atoms with Gasteiger partial charge in [-0.25, -0.2) is 4.98 Å². The average Bonchev–Trinajstić information content (AvgIpc) is 2.33. The Morgan fingerprint density at radius 2 is 1.75 bits per heavy atom. The van der Waals surface area contributed by atoms with Crippen molar-refractivity contribution in [3.63, 3.8) is 0 Å². The second-order valence-corrected chi connectivity index (χ2v) is 3.38. The monoisotopic (exact) mass is 215 g/mol. The zero-order valence-electron chi connectivity index (χ0n) is 9.31. The van der Waals surface area contributed by atoms with Crippen molar-refractivity contribution in [1.29, 1.82) is 0 Å². The highest BCUT2D eigenvalue weighted by molar-refractivity contribution is 5.38. The second-order valence-electron chi connectivity index (χ2n) is 3.38. The molecule has 0 amide bonds. The minimum atomic E-state index is 0.504. The summed E-state index contributed by atoms with van der Waals surface area (Å²) in [4.78, 5) is 4.24. The highest BCUT2D eigenvalue weighted by Gasteiger charge is 2.06. The molecule has 3 nitrogen and oxygen atoms in total. The first kappa shape index (κ1) is 10.5. The van der Waals surface area contributed by atoms with Crippen molar-refractivity contribution in [3.05, 3.63) is 48.2 Å². The normalized spacial score (nSPS) is 9.88. The van der Waals surface area contributed by atoms with Gasteiger partial charge in [0.15, 0.2) is 5.75 Å². The van der Waals surface area contributed by atoms with E-state index in [1.807, 2.05) is 49.4 Å². The summed E-state index contributed by atoms with van der Waals surface area (Å²) < 4.78 is 10.8. The molecule has 0 aliphatic carbocycles. The molecule has 1 aromatic heterocycles. The van der Waals surface area contributed by atoms with Gasteiger partial charge in [0.1, 0.15) is 5.75 Å². The van der Waals surface area contributed by atoms with E-state index in [4.69, 9.17) is 9.47 Å². The van der Waals surface area contributed by atoms with Crippen LogP contribution in [0.2, 0.25) is 0 Å². The summed E-state index contributed by atoms with van der Waals surface area (Å²) in [5.74, 6) is 1.90. The van der Waals surface area contributed by atoms with Gasteiger partial charge in [0.05, 0.1) is 7.11 Å². The van der Waals surface area contributed by atoms with Crippen LogP contribution in [0.3, 0.4) is 0 Å². The molecule has 0 spiro atoms. The Hall–Kier alpha value is -2.03. The lowest BCUT2D eigenvalue weighted by molar-refractivity contribution is 0.363. The first-order valence-electron chi connectivity index (χ1n) is 5.04. The molecular weight excluding hydrogens is 202 g/mol. The largest absolute Gasteiger partial charge is 0.478 e. The summed E-state index contributed by atoms with van der Waals surface area (Å²) in [6.07, 6.45) is 0. The van der Waals surface area contributed by atoms with E-state index in [9.17, 15) is 0 Å². The Bertz CT molecular complexity index is 469. The fourth-order valence-corrected chi connectivity index (χ4v) is 1.36. The number of hydrogen-bond acceptors (Lipinski definition) is 3. The van der Waals surface area contributed by atoms with E-state index in [1.54, 1.807) is 7.11 Å². The van der Waals surface area contributed by atoms with Crippen molar-refractivity contribution in [3.8, 4) is 17.4 Å². The third-order valence-corrected chi connectivity index (χ3v) is 2.13. The number of hydrogen-bond donors (Lipinski definition) is 0. The summed E-state index contributed by atoms with van der Waals surface area (Å²) in [7, 11) is 1.58. The molecule has 0 aliphatic heterocycles. The van der Waals surface area contributed by atoms with E-state index in [0.717, 1.165) is 11.4 Å². The first-order chi connectivity index (χ1) is 7.79. The molecule has 0 unspecified atom stereocenters. The lowest BCUT2D eigenvalue weighted by Crippen LogP contribution is -1.94. The predicted molar refractivity (Wildman–Crippen MR) is 62.0 cm³/mol. The number of nitrogens with zero attached hydrogens (tertiary/aromatic N) is 1. The number of rotatable bonds is 3. The van der Waals surface area contributed by atoms with E-state index in [2.05, 4.69) is 4.98 Å². The zero-order valence-corrected chi connectivity index (χ0v) is 9.31. The number of para-hydroxylation sites is 1. The molecule has 0 saturated heterocycles. The number of pyridine rings is 1. The van der Waals surface area contributed by atoms with E-state index in [-0.39, 0.29) is 0 Å². The van der Waals surface area contributed by atoms with Crippen LogP contribution in [0.4, 0.5) is 0 Å². The molecule has 0 N–H and O–H groups in total. The number of benzene rings is 1. The molecular formula is C13H13NO2. The molecule has 1 heterocycles. The highest BCUT2D eigenvalue weighted by Crippen LogP contribution is 2.29. The quantitative estimate of drug-likeness (QED) is 0.787. The van der Waals surface area contributed by atoms with Crippen molar-refractivity contribution in [2.45, 2.75) is 6.92 Å². The Labute approximate surface area is 94.7 Å². The molecule has 2 aromatic rings. The van der Waals surface area contributed by atoms with Gasteiger partial charge in [-0.15, -0.1) is 0 Å². The van der Waals surface area contributed by atoms with Gasteiger partial charge in [-0.2, -0.15) is 0 Å². The number of aromatic nitrogens is 1. The van der Waals surface area contributed by atoms with Gasteiger partial charge < -0.3 is 9.47 Å². The number of aryl methyl sites for hydroxylation is 1. The van der Waals surface area contributed by atoms with Crippen LogP contribution in [-0.4, -0.2) is 12.1 Å². The Morgan fingerprint density at radius 1 is 1.00 bits per heavy atom. The van der Waals surface area contributed by atoms with Crippen molar-refractivity contribution in [2.75, 3.05) is 7.11 Å². The molecule has 16 heavy (non-hydrogen) atoms. The van der Waals surface area contributed by atoms with E-state index < -0.39 is 0 Å². The van der Waals surface area contributed by atoms with Crippen molar-refractivity contribution < 1.29 is 9.47 Å². The van der Waals surface area contributed by atoms with Crippen LogP contribution in [0.1, 0.15) is 5.69 Å². The van der Waals surface area contributed by atoms with Gasteiger partial charge in [0, 0.05) is 5.69 Å². The fourth-order valence-electron chi connectivity index (χ4n) is 1.36. The summed E-state index contributed by atoms with van der Waals surface area (Å²) >= 11 is 0. The molecule has 82 valence electrons. The highest BCUT2D eigenvalue weighted by atomic mass is 16.5. The lowest BCUT2D eigenvalue weighted by Gasteiger charge is -2.09. The Balaban J connectivity index is 2.28. The standard InChI is InChI=1S/C13H13NO2/c1-10-8-9-12(13(14-10)15-2)16-11-6-4-3-5-7-11/h3-9H,1-2H3. The van der Waals surface area contributed by atoms with Gasteiger partial charge in [0.25, 0.3) is 5.88 Å². The second kappa shape index (κ2) is 4.66. The van der Waals surface area contributed by atoms with Crippen LogP contribution in [0.5, 0.6) is 17.4 Å². The van der Waals surface area contributed by atoms with Crippen molar-refractivity contribution >= 4 is 0 Å².